The van der Waals surface area contributed by atoms with E-state index in [1.165, 1.54) is 0 Å². The molecule has 1 aromatic carbocycles. The number of amides is 1. The van der Waals surface area contributed by atoms with Crippen molar-refractivity contribution < 1.29 is 14.3 Å². The second kappa shape index (κ2) is 8.78. The number of aromatic nitrogens is 1. The maximum absolute atomic E-state index is 11.9. The number of pyridine rings is 1. The average molecular weight is 314 g/mol. The number of nitrogens with zero attached hydrogens (tertiary/aromatic N) is 1. The van der Waals surface area contributed by atoms with Crippen molar-refractivity contribution in [2.75, 3.05) is 19.8 Å². The third-order valence-corrected chi connectivity index (χ3v) is 3.20. The fourth-order valence-electron chi connectivity index (χ4n) is 2.16. The second-order valence-electron chi connectivity index (χ2n) is 4.87. The van der Waals surface area contributed by atoms with Crippen LogP contribution in [-0.4, -0.2) is 30.6 Å². The van der Waals surface area contributed by atoms with E-state index in [0.717, 1.165) is 17.1 Å². The maximum Gasteiger partial charge on any atom is 0.269 e. The highest BCUT2D eigenvalue weighted by atomic mass is 16.5. The van der Waals surface area contributed by atoms with Crippen LogP contribution in [0.3, 0.4) is 0 Å². The Morgan fingerprint density at radius 1 is 1.09 bits per heavy atom. The molecule has 0 aliphatic heterocycles. The fraction of sp³-hybridized carbons (Fsp3) is 0.333. The molecule has 0 spiro atoms. The van der Waals surface area contributed by atoms with E-state index in [-0.39, 0.29) is 5.91 Å². The summed E-state index contributed by atoms with van der Waals surface area (Å²) in [6.45, 7) is 5.60. The van der Waals surface area contributed by atoms with Crippen LogP contribution in [0.2, 0.25) is 0 Å². The molecule has 0 unspecified atom stereocenters. The summed E-state index contributed by atoms with van der Waals surface area (Å²) in [6.07, 6.45) is 2.32. The first-order valence-electron chi connectivity index (χ1n) is 7.82. The van der Waals surface area contributed by atoms with Crippen LogP contribution in [0.25, 0.3) is 0 Å². The Labute approximate surface area is 136 Å². The number of carbonyl (C=O) groups is 1. The van der Waals surface area contributed by atoms with E-state index in [0.29, 0.717) is 31.9 Å². The van der Waals surface area contributed by atoms with Crippen LogP contribution in [0.4, 0.5) is 0 Å². The topological polar surface area (TPSA) is 60.5 Å². The monoisotopic (exact) mass is 314 g/mol. The van der Waals surface area contributed by atoms with Gasteiger partial charge in [-0.1, -0.05) is 12.1 Å². The molecule has 1 amide bonds. The van der Waals surface area contributed by atoms with Crippen molar-refractivity contribution in [2.24, 2.45) is 0 Å². The predicted octanol–water partition coefficient (Wildman–Crippen LogP) is 2.85. The number of ether oxygens (including phenoxy) is 2. The van der Waals surface area contributed by atoms with E-state index in [1.54, 1.807) is 24.4 Å². The molecule has 0 fully saturated rings. The summed E-state index contributed by atoms with van der Waals surface area (Å²) in [4.78, 5) is 16.0. The maximum atomic E-state index is 11.9. The number of rotatable bonds is 8. The minimum Gasteiger partial charge on any atom is -0.490 e. The lowest BCUT2D eigenvalue weighted by Gasteiger charge is -2.12. The highest BCUT2D eigenvalue weighted by Gasteiger charge is 2.08. The van der Waals surface area contributed by atoms with Gasteiger partial charge in [0.1, 0.15) is 5.69 Å². The van der Waals surface area contributed by atoms with Crippen LogP contribution >= 0.6 is 0 Å². The van der Waals surface area contributed by atoms with E-state index < -0.39 is 0 Å². The van der Waals surface area contributed by atoms with Crippen LogP contribution < -0.4 is 14.8 Å². The van der Waals surface area contributed by atoms with Crippen molar-refractivity contribution in [3.05, 3.63) is 53.9 Å². The molecule has 122 valence electrons. The minimum atomic E-state index is -0.165. The molecule has 0 bridgehead atoms. The number of hydrogen-bond donors (Lipinski definition) is 1. The van der Waals surface area contributed by atoms with Gasteiger partial charge in [0, 0.05) is 12.7 Å². The zero-order valence-corrected chi connectivity index (χ0v) is 13.5. The van der Waals surface area contributed by atoms with Crippen LogP contribution in [0, 0.1) is 0 Å². The first-order chi connectivity index (χ1) is 11.2. The Bertz CT molecular complexity index is 629. The van der Waals surface area contributed by atoms with Crippen molar-refractivity contribution in [3.63, 3.8) is 0 Å². The van der Waals surface area contributed by atoms with Gasteiger partial charge in [-0.25, -0.2) is 0 Å². The predicted molar refractivity (Wildman–Crippen MR) is 89.1 cm³/mol. The summed E-state index contributed by atoms with van der Waals surface area (Å²) in [5.74, 6) is 1.32. The van der Waals surface area contributed by atoms with E-state index in [2.05, 4.69) is 10.3 Å². The van der Waals surface area contributed by atoms with E-state index in [9.17, 15) is 4.79 Å². The lowest BCUT2D eigenvalue weighted by molar-refractivity contribution is 0.0949. The fourth-order valence-corrected chi connectivity index (χ4v) is 2.16. The summed E-state index contributed by atoms with van der Waals surface area (Å²) in [5, 5.41) is 2.87. The molecule has 1 aromatic heterocycles. The molecule has 5 heteroatoms. The smallest absolute Gasteiger partial charge is 0.269 e. The van der Waals surface area contributed by atoms with Crippen molar-refractivity contribution in [1.82, 2.24) is 10.3 Å². The van der Waals surface area contributed by atoms with Gasteiger partial charge in [-0.05, 0) is 50.1 Å². The molecule has 0 atom stereocenters. The first kappa shape index (κ1) is 16.8. The summed E-state index contributed by atoms with van der Waals surface area (Å²) >= 11 is 0. The minimum absolute atomic E-state index is 0.165. The third-order valence-electron chi connectivity index (χ3n) is 3.20. The van der Waals surface area contributed by atoms with Gasteiger partial charge in [0.05, 0.1) is 13.2 Å². The van der Waals surface area contributed by atoms with Gasteiger partial charge in [0.15, 0.2) is 11.5 Å². The van der Waals surface area contributed by atoms with Gasteiger partial charge < -0.3 is 14.8 Å². The lowest BCUT2D eigenvalue weighted by Crippen LogP contribution is -2.26. The molecule has 0 saturated carbocycles. The summed E-state index contributed by atoms with van der Waals surface area (Å²) in [6, 6.07) is 11.1. The molecule has 0 saturated heterocycles. The lowest BCUT2D eigenvalue weighted by atomic mass is 10.1. The van der Waals surface area contributed by atoms with Crippen molar-refractivity contribution in [1.29, 1.82) is 0 Å². The highest BCUT2D eigenvalue weighted by molar-refractivity contribution is 5.92. The molecule has 2 rings (SSSR count). The summed E-state index contributed by atoms with van der Waals surface area (Å²) in [7, 11) is 0. The molecule has 1 heterocycles. The van der Waals surface area contributed by atoms with E-state index in [4.69, 9.17) is 9.47 Å². The molecule has 23 heavy (non-hydrogen) atoms. The third kappa shape index (κ3) is 4.98. The van der Waals surface area contributed by atoms with Gasteiger partial charge in [-0.2, -0.15) is 0 Å². The SMILES string of the molecule is CCOc1ccc(CCNC(=O)c2ccccn2)cc1OCC. The Morgan fingerprint density at radius 2 is 1.87 bits per heavy atom. The zero-order chi connectivity index (χ0) is 16.5. The highest BCUT2D eigenvalue weighted by Crippen LogP contribution is 2.28. The average Bonchev–Trinajstić information content (AvgIpc) is 2.58. The number of carbonyl (C=O) groups excluding carboxylic acids is 1. The van der Waals surface area contributed by atoms with Crippen molar-refractivity contribution in [3.8, 4) is 11.5 Å². The molecular formula is C18H22N2O3. The van der Waals surface area contributed by atoms with Crippen LogP contribution in [0.5, 0.6) is 11.5 Å². The molecule has 1 N–H and O–H groups in total. The number of benzene rings is 1. The van der Waals surface area contributed by atoms with Crippen LogP contribution in [0.1, 0.15) is 29.9 Å². The Balaban J connectivity index is 1.92. The summed E-state index contributed by atoms with van der Waals surface area (Å²) in [5.41, 5.74) is 1.51. The first-order valence-corrected chi connectivity index (χ1v) is 7.82. The zero-order valence-electron chi connectivity index (χ0n) is 13.5. The molecule has 2 aromatic rings. The quantitative estimate of drug-likeness (QED) is 0.814. The van der Waals surface area contributed by atoms with Crippen molar-refractivity contribution in [2.45, 2.75) is 20.3 Å². The van der Waals surface area contributed by atoms with E-state index in [1.807, 2.05) is 32.0 Å². The van der Waals surface area contributed by atoms with Crippen LogP contribution in [0.15, 0.2) is 42.6 Å². The van der Waals surface area contributed by atoms with Gasteiger partial charge in [-0.3, -0.25) is 9.78 Å². The largest absolute Gasteiger partial charge is 0.490 e. The molecular weight excluding hydrogens is 292 g/mol. The second-order valence-corrected chi connectivity index (χ2v) is 4.87. The van der Waals surface area contributed by atoms with Gasteiger partial charge in [0.2, 0.25) is 0 Å². The van der Waals surface area contributed by atoms with Gasteiger partial charge in [0.25, 0.3) is 5.91 Å². The van der Waals surface area contributed by atoms with E-state index >= 15 is 0 Å². The normalized spacial score (nSPS) is 10.2. The Kier molecular flexibility index (Phi) is 6.41. The molecule has 5 nitrogen and oxygen atoms in total. The van der Waals surface area contributed by atoms with Crippen LogP contribution in [-0.2, 0) is 6.42 Å². The molecule has 0 aliphatic rings. The molecule has 0 aliphatic carbocycles. The molecule has 0 radical (unpaired) electrons. The Hall–Kier alpha value is -2.56. The number of hydrogen-bond acceptors (Lipinski definition) is 4. The summed E-state index contributed by atoms with van der Waals surface area (Å²) < 4.78 is 11.1. The van der Waals surface area contributed by atoms with Gasteiger partial charge in [-0.15, -0.1) is 0 Å². The van der Waals surface area contributed by atoms with Gasteiger partial charge >= 0.3 is 0 Å². The Morgan fingerprint density at radius 3 is 2.57 bits per heavy atom. The van der Waals surface area contributed by atoms with Crippen molar-refractivity contribution >= 4 is 5.91 Å². The number of nitrogens with one attached hydrogen (secondary N) is 1. The standard InChI is InChI=1S/C18H22N2O3/c1-3-22-16-9-8-14(13-17(16)23-4-2)10-12-20-18(21)15-7-5-6-11-19-15/h5-9,11,13H,3-4,10,12H2,1-2H3,(H,20,21).